The molecule has 0 saturated carbocycles. The summed E-state index contributed by atoms with van der Waals surface area (Å²) in [7, 11) is 1.49. The summed E-state index contributed by atoms with van der Waals surface area (Å²) in [6.45, 7) is 0.185. The van der Waals surface area contributed by atoms with Crippen LogP contribution in [0.4, 0.5) is 0 Å². The maximum atomic E-state index is 11.9. The molecular formula is C13H14Cl2O3SiZr. The molecule has 1 saturated heterocycles. The Morgan fingerprint density at radius 1 is 1.40 bits per heavy atom. The van der Waals surface area contributed by atoms with Crippen LogP contribution in [0.25, 0.3) is 0 Å². The van der Waals surface area contributed by atoms with Gasteiger partial charge in [0.15, 0.2) is 0 Å². The van der Waals surface area contributed by atoms with E-state index < -0.39 is 23.2 Å². The van der Waals surface area contributed by atoms with Crippen LogP contribution in [0.5, 0.6) is 0 Å². The second-order valence-corrected chi connectivity index (χ2v) is 9.86. The summed E-state index contributed by atoms with van der Waals surface area (Å²) in [6.07, 6.45) is 6.34. The van der Waals surface area contributed by atoms with Crippen molar-refractivity contribution in [3.8, 4) is 0 Å². The summed E-state index contributed by atoms with van der Waals surface area (Å²) in [5.41, 5.74) is 2.20. The molecule has 1 N–H and O–H groups in total. The number of methoxy groups -OCH3 is 1. The first-order chi connectivity index (χ1) is 8.76. The number of hydrogen-bond acceptors (Lipinski definition) is 3. The van der Waals surface area contributed by atoms with Crippen LogP contribution < -0.4 is 24.8 Å². The third kappa shape index (κ3) is 3.18. The number of aliphatic hydroxyl groups excluding tert-OH is 1. The van der Waals surface area contributed by atoms with Crippen LogP contribution >= 0.6 is 0 Å². The molecule has 0 bridgehead atoms. The molecule has 1 fully saturated rings. The van der Waals surface area contributed by atoms with Gasteiger partial charge < -0.3 is 24.8 Å². The quantitative estimate of drug-likeness (QED) is 0.461. The molecule has 106 valence electrons. The van der Waals surface area contributed by atoms with E-state index in [4.69, 9.17) is 9.84 Å². The fraction of sp³-hybridized carbons (Fsp3) is 0.308. The first kappa shape index (κ1) is 18.3. The van der Waals surface area contributed by atoms with E-state index in [0.29, 0.717) is 0 Å². The molecule has 3 rings (SSSR count). The minimum atomic E-state index is -0.878. The van der Waals surface area contributed by atoms with Crippen molar-refractivity contribution in [2.24, 2.45) is 0 Å². The summed E-state index contributed by atoms with van der Waals surface area (Å²) in [5, 5.41) is 12.0. The number of ether oxygens (including phenoxy) is 1. The van der Waals surface area contributed by atoms with Crippen LogP contribution in [0.1, 0.15) is 6.42 Å². The fourth-order valence-corrected chi connectivity index (χ4v) is 9.18. The third-order valence-electron chi connectivity index (χ3n) is 3.47. The van der Waals surface area contributed by atoms with Crippen LogP contribution in [0, 0.1) is 0 Å². The van der Waals surface area contributed by atoms with Crippen LogP contribution in [-0.4, -0.2) is 37.9 Å². The summed E-state index contributed by atoms with van der Waals surface area (Å²) in [5.74, 6) is 0.190. The SMILES string of the molecule is CO[CH](CCO)[Zr+2][C]1=C2[SiH2]C2=C2C(=O)C=CC=C12.[Cl-].[Cl-]. The van der Waals surface area contributed by atoms with E-state index in [1.807, 2.05) is 6.08 Å². The van der Waals surface area contributed by atoms with E-state index in [9.17, 15) is 4.79 Å². The molecule has 2 aliphatic carbocycles. The van der Waals surface area contributed by atoms with Crippen molar-refractivity contribution in [3.05, 3.63) is 43.0 Å². The molecule has 0 aromatic carbocycles. The Hall–Kier alpha value is 0.230. The first-order valence-electron chi connectivity index (χ1n) is 6.06. The normalized spacial score (nSPS) is 20.7. The van der Waals surface area contributed by atoms with Gasteiger partial charge in [-0.05, 0) is 0 Å². The summed E-state index contributed by atoms with van der Waals surface area (Å²) >= 11 is -0.878. The summed E-state index contributed by atoms with van der Waals surface area (Å²) < 4.78 is 7.17. The molecule has 1 aliphatic heterocycles. The van der Waals surface area contributed by atoms with Gasteiger partial charge in [0, 0.05) is 0 Å². The van der Waals surface area contributed by atoms with Gasteiger partial charge in [-0.25, -0.2) is 0 Å². The number of allylic oxidation sites excluding steroid dienone is 8. The second kappa shape index (κ2) is 7.48. The van der Waals surface area contributed by atoms with E-state index in [1.165, 1.54) is 14.1 Å². The molecule has 3 aliphatic rings. The van der Waals surface area contributed by atoms with Gasteiger partial charge >= 0.3 is 120 Å². The Balaban J connectivity index is 0.000001000. The number of fused-ring (bicyclic) bond motifs is 2. The average Bonchev–Trinajstić information content (AvgIpc) is 3.08. The summed E-state index contributed by atoms with van der Waals surface area (Å²) in [4.78, 5) is 11.9. The molecular weight excluding hydrogens is 394 g/mol. The maximum absolute atomic E-state index is 11.9. The standard InChI is InChI=1S/C9H5OSi.C4H9O2.2ClH.Zr/c10-6-3-1-2-5-4-7-9(11-7)8(5)6;1-6-4-2-3-5;;;/h1-3H,11H2;4-5H,2-3H2,1H3;2*1H;/q;;;;+2/p-2. The molecule has 1 unspecified atom stereocenters. The number of carbonyl (C=O) groups is 1. The van der Waals surface area contributed by atoms with Gasteiger partial charge in [-0.3, -0.25) is 0 Å². The zero-order chi connectivity index (χ0) is 12.7. The first-order valence-corrected chi connectivity index (χ1v) is 10.1. The number of halogens is 2. The van der Waals surface area contributed by atoms with Crippen LogP contribution in [0.3, 0.4) is 0 Å². The Labute approximate surface area is 144 Å². The van der Waals surface area contributed by atoms with Crippen molar-refractivity contribution in [1.82, 2.24) is 0 Å². The molecule has 20 heavy (non-hydrogen) atoms. The van der Waals surface area contributed by atoms with Crippen molar-refractivity contribution in [2.75, 3.05) is 13.7 Å². The van der Waals surface area contributed by atoms with Crippen LogP contribution in [0.2, 0.25) is 0 Å². The predicted octanol–water partition coefficient (Wildman–Crippen LogP) is -5.84. The zero-order valence-corrected chi connectivity index (χ0v) is 16.3. The van der Waals surface area contributed by atoms with Crippen LogP contribution in [0.15, 0.2) is 43.0 Å². The minimum absolute atomic E-state index is 0. The van der Waals surface area contributed by atoms with Crippen molar-refractivity contribution in [3.63, 3.8) is 0 Å². The zero-order valence-electron chi connectivity index (χ0n) is 11.0. The Kier molecular flexibility index (Phi) is 6.84. The molecule has 1 atom stereocenters. The molecule has 0 radical (unpaired) electrons. The average molecular weight is 408 g/mol. The summed E-state index contributed by atoms with van der Waals surface area (Å²) in [6, 6.07) is 0. The fourth-order valence-electron chi connectivity index (χ4n) is 2.52. The Morgan fingerprint density at radius 3 is 2.80 bits per heavy atom. The molecule has 0 amide bonds. The molecule has 7 heteroatoms. The van der Waals surface area contributed by atoms with Crippen molar-refractivity contribution < 1.29 is 62.7 Å². The Morgan fingerprint density at radius 2 is 2.15 bits per heavy atom. The molecule has 1 heterocycles. The molecule has 0 spiro atoms. The van der Waals surface area contributed by atoms with Gasteiger partial charge in [-0.1, -0.05) is 0 Å². The van der Waals surface area contributed by atoms with E-state index in [1.54, 1.807) is 18.4 Å². The van der Waals surface area contributed by atoms with Gasteiger partial charge in [-0.15, -0.1) is 0 Å². The van der Waals surface area contributed by atoms with Crippen LogP contribution in [-0.2, 0) is 32.8 Å². The predicted molar refractivity (Wildman–Crippen MR) is 67.3 cm³/mol. The van der Waals surface area contributed by atoms with Crippen molar-refractivity contribution in [1.29, 1.82) is 0 Å². The maximum Gasteiger partial charge on any atom is -1.00 e. The van der Waals surface area contributed by atoms with Crippen molar-refractivity contribution in [2.45, 2.75) is 10.2 Å². The number of rotatable bonds is 5. The smallest absolute Gasteiger partial charge is 1.00 e. The molecule has 0 aromatic rings. The Bertz CT molecular complexity index is 552. The number of carbonyl (C=O) groups excluding carboxylic acids is 1. The van der Waals surface area contributed by atoms with E-state index in [0.717, 1.165) is 12.0 Å². The van der Waals surface area contributed by atoms with Gasteiger partial charge in [-0.2, -0.15) is 0 Å². The minimum Gasteiger partial charge on any atom is -1.00 e. The number of hydrogen-bond donors (Lipinski definition) is 1. The monoisotopic (exact) mass is 406 g/mol. The van der Waals surface area contributed by atoms with Gasteiger partial charge in [0.2, 0.25) is 0 Å². The van der Waals surface area contributed by atoms with E-state index >= 15 is 0 Å². The largest absolute Gasteiger partial charge is 1.00 e. The number of ketones is 1. The van der Waals surface area contributed by atoms with Gasteiger partial charge in [0.1, 0.15) is 0 Å². The topological polar surface area (TPSA) is 46.5 Å². The van der Waals surface area contributed by atoms with E-state index in [2.05, 4.69) is 6.08 Å². The number of aliphatic hydroxyl groups is 1. The van der Waals surface area contributed by atoms with Crippen molar-refractivity contribution >= 4 is 15.3 Å². The van der Waals surface area contributed by atoms with Gasteiger partial charge in [0.05, 0.1) is 0 Å². The van der Waals surface area contributed by atoms with E-state index in [-0.39, 0.29) is 50.5 Å². The molecule has 3 nitrogen and oxygen atoms in total. The second-order valence-electron chi connectivity index (χ2n) is 4.57. The van der Waals surface area contributed by atoms with Gasteiger partial charge in [0.25, 0.3) is 0 Å². The molecule has 0 aromatic heterocycles. The third-order valence-corrected chi connectivity index (χ3v) is 10.3.